The molecule has 0 amide bonds. The Morgan fingerprint density at radius 1 is 1.00 bits per heavy atom. The average molecular weight is 620 g/mol. The molecule has 2 saturated heterocycles. The molecular weight excluding hydrogens is 599 g/mol. The second-order valence-corrected chi connectivity index (χ2v) is 10.5. The summed E-state index contributed by atoms with van der Waals surface area (Å²) in [6, 6.07) is 0. The molecule has 0 aliphatic carbocycles. The van der Waals surface area contributed by atoms with Crippen LogP contribution in [0.25, 0.3) is 0 Å². The molecule has 0 unspecified atom stereocenters. The summed E-state index contributed by atoms with van der Waals surface area (Å²) in [7, 11) is 3.32. The third-order valence-electron chi connectivity index (χ3n) is 4.01. The normalized spacial score (nSPS) is 17.5. The minimum absolute atomic E-state index is 0.223. The molecule has 2 aromatic rings. The number of thiazole rings is 2. The van der Waals surface area contributed by atoms with Crippen molar-refractivity contribution in [3.63, 3.8) is 0 Å². The maximum atomic E-state index is 10.5. The van der Waals surface area contributed by atoms with Gasteiger partial charge in [-0.15, -0.1) is 34.3 Å². The lowest BCUT2D eigenvalue weighted by Gasteiger charge is -2.34. The molecule has 37 heavy (non-hydrogen) atoms. The van der Waals surface area contributed by atoms with Crippen LogP contribution in [-0.2, 0) is 21.9 Å². The van der Waals surface area contributed by atoms with E-state index in [-0.39, 0.29) is 32.1 Å². The molecule has 204 valence electrons. The van der Waals surface area contributed by atoms with Crippen molar-refractivity contribution >= 4 is 69.4 Å². The van der Waals surface area contributed by atoms with Crippen molar-refractivity contribution in [2.45, 2.75) is 12.4 Å². The summed E-state index contributed by atoms with van der Waals surface area (Å²) in [5, 5.41) is 28.0. The Bertz CT molecular complexity index is 1100. The maximum Gasteiger partial charge on any atom is 0.277 e. The fourth-order valence-electron chi connectivity index (χ4n) is 2.55. The summed E-state index contributed by atoms with van der Waals surface area (Å²) in [5.74, 6) is 0.988. The smallest absolute Gasteiger partial charge is 0.277 e. The third kappa shape index (κ3) is 11.1. The second kappa shape index (κ2) is 15.6. The number of hydrazone groups is 2. The lowest BCUT2D eigenvalue weighted by atomic mass is 10.5. The summed E-state index contributed by atoms with van der Waals surface area (Å²) in [6.07, 6.45) is 3.31. The first kappa shape index (κ1) is 30.6. The van der Waals surface area contributed by atoms with Crippen molar-refractivity contribution in [3.05, 3.63) is 51.3 Å². The summed E-state index contributed by atoms with van der Waals surface area (Å²) >= 11 is 19.4. The molecule has 16 nitrogen and oxygen atoms in total. The van der Waals surface area contributed by atoms with Gasteiger partial charge in [0.1, 0.15) is 37.1 Å². The monoisotopic (exact) mass is 618 g/mol. The molecule has 2 aromatic heterocycles. The van der Waals surface area contributed by atoms with Crippen molar-refractivity contribution in [2.24, 2.45) is 10.2 Å². The van der Waals surface area contributed by atoms with Gasteiger partial charge in [0.25, 0.3) is 11.9 Å². The van der Waals surface area contributed by atoms with Crippen LogP contribution < -0.4 is 5.32 Å². The number of hydrogen-bond acceptors (Lipinski definition) is 10. The van der Waals surface area contributed by atoms with Gasteiger partial charge in [0.15, 0.2) is 19.0 Å². The molecule has 0 atom stereocenters. The molecular formula is C16H21Cl3N10O6S2. The van der Waals surface area contributed by atoms with Crippen molar-refractivity contribution in [1.82, 2.24) is 30.0 Å². The van der Waals surface area contributed by atoms with Crippen LogP contribution in [0.3, 0.4) is 0 Å². The lowest BCUT2D eigenvalue weighted by molar-refractivity contribution is -0.486. The van der Waals surface area contributed by atoms with Crippen molar-refractivity contribution in [3.8, 4) is 0 Å². The highest BCUT2D eigenvalue weighted by molar-refractivity contribution is 7.16. The number of rotatable bonds is 5. The Morgan fingerprint density at radius 2 is 1.59 bits per heavy atom. The van der Waals surface area contributed by atoms with Crippen LogP contribution in [0.5, 0.6) is 0 Å². The minimum Gasteiger partial charge on any atom is -0.341 e. The first-order valence-electron chi connectivity index (χ1n) is 9.88. The standard InChI is InChI=1S/C8H10ClN5O3S.C4H3Cl2NS.C4H8N4O3/c1-12-4-17-5-13(8(12)11-14(15)16)3-6-2-10-7(9)18-6;5-1-3-2-7-4(6)8-3;1-7-3-11-2-5-4(7)6-8(9)10/h2H,3-5H2,1H3;2H,1H2;2-3H2,1H3,(H,5,6)/b11-8+;;. The minimum atomic E-state index is -0.746. The van der Waals surface area contributed by atoms with E-state index in [1.165, 1.54) is 27.6 Å². The zero-order valence-electron chi connectivity index (χ0n) is 19.3. The number of ether oxygens (including phenoxy) is 2. The Kier molecular flexibility index (Phi) is 12.9. The number of nitro groups is 2. The van der Waals surface area contributed by atoms with Crippen molar-refractivity contribution in [2.75, 3.05) is 41.0 Å². The summed E-state index contributed by atoms with van der Waals surface area (Å²) in [5.41, 5.74) is 0. The van der Waals surface area contributed by atoms with Gasteiger partial charge < -0.3 is 29.5 Å². The first-order chi connectivity index (χ1) is 17.6. The average Bonchev–Trinajstić information content (AvgIpc) is 3.45. The number of halogens is 3. The van der Waals surface area contributed by atoms with Gasteiger partial charge in [0.05, 0.1) is 12.4 Å². The predicted octanol–water partition coefficient (Wildman–Crippen LogP) is 2.56. The van der Waals surface area contributed by atoms with Crippen LogP contribution >= 0.6 is 57.5 Å². The van der Waals surface area contributed by atoms with Gasteiger partial charge >= 0.3 is 0 Å². The van der Waals surface area contributed by atoms with Crippen molar-refractivity contribution < 1.29 is 19.5 Å². The molecule has 0 spiro atoms. The highest BCUT2D eigenvalue weighted by Gasteiger charge is 2.25. The van der Waals surface area contributed by atoms with E-state index in [0.29, 0.717) is 28.1 Å². The lowest BCUT2D eigenvalue weighted by Crippen LogP contribution is -2.49. The number of hydrogen-bond donors (Lipinski definition) is 1. The molecule has 21 heteroatoms. The topological polar surface area (TPSA) is 177 Å². The van der Waals surface area contributed by atoms with Crippen molar-refractivity contribution in [1.29, 1.82) is 0 Å². The third-order valence-corrected chi connectivity index (χ3v) is 6.67. The number of alkyl halides is 1. The molecule has 4 heterocycles. The Hall–Kier alpha value is -2.61. The number of nitrogens with one attached hydrogen (secondary N) is 1. The van der Waals surface area contributed by atoms with Crippen LogP contribution in [0, 0.1) is 20.2 Å². The van der Waals surface area contributed by atoms with Crippen LogP contribution in [0.2, 0.25) is 8.93 Å². The maximum absolute atomic E-state index is 10.5. The van der Waals surface area contributed by atoms with E-state index in [1.54, 1.807) is 36.3 Å². The molecule has 4 rings (SSSR count). The summed E-state index contributed by atoms with van der Waals surface area (Å²) < 4.78 is 11.2. The van der Waals surface area contributed by atoms with Gasteiger partial charge in [-0.1, -0.05) is 23.2 Å². The van der Waals surface area contributed by atoms with Crippen LogP contribution in [0.15, 0.2) is 22.6 Å². The molecule has 1 N–H and O–H groups in total. The van der Waals surface area contributed by atoms with E-state index >= 15 is 0 Å². The fraction of sp³-hybridized carbons (Fsp3) is 0.500. The second-order valence-electron chi connectivity index (χ2n) is 6.80. The molecule has 0 aromatic carbocycles. The summed E-state index contributed by atoms with van der Waals surface area (Å²) in [6.45, 7) is 1.51. The number of aromatic nitrogens is 2. The molecule has 2 aliphatic rings. The van der Waals surface area contributed by atoms with Crippen LogP contribution in [0.1, 0.15) is 9.75 Å². The largest absolute Gasteiger partial charge is 0.341 e. The van der Waals surface area contributed by atoms with Gasteiger partial charge in [0.2, 0.25) is 0 Å². The molecule has 0 saturated carbocycles. The summed E-state index contributed by atoms with van der Waals surface area (Å²) in [4.78, 5) is 34.7. The van der Waals surface area contributed by atoms with Gasteiger partial charge in [-0.3, -0.25) is 0 Å². The van der Waals surface area contributed by atoms with E-state index in [1.807, 2.05) is 0 Å². The number of nitrogens with zero attached hydrogens (tertiary/aromatic N) is 9. The Morgan fingerprint density at radius 3 is 2.08 bits per heavy atom. The van der Waals surface area contributed by atoms with E-state index in [4.69, 9.17) is 44.3 Å². The molecule has 2 aliphatic heterocycles. The Balaban J connectivity index is 0.000000215. The number of guanidine groups is 2. The fourth-order valence-corrected chi connectivity index (χ4v) is 4.60. The zero-order chi connectivity index (χ0) is 27.4. The molecule has 2 fully saturated rings. The highest BCUT2D eigenvalue weighted by Crippen LogP contribution is 2.21. The van der Waals surface area contributed by atoms with Gasteiger partial charge in [0, 0.05) is 36.2 Å². The quantitative estimate of drug-likeness (QED) is 0.294. The van der Waals surface area contributed by atoms with E-state index < -0.39 is 10.1 Å². The van der Waals surface area contributed by atoms with Crippen LogP contribution in [0.4, 0.5) is 0 Å². The predicted molar refractivity (Wildman–Crippen MR) is 139 cm³/mol. The zero-order valence-corrected chi connectivity index (χ0v) is 23.2. The first-order valence-corrected chi connectivity index (χ1v) is 12.8. The molecule has 0 radical (unpaired) electrons. The van der Waals surface area contributed by atoms with Gasteiger partial charge in [-0.05, 0) is 0 Å². The molecule has 0 bridgehead atoms. The Labute approximate surface area is 233 Å². The van der Waals surface area contributed by atoms with E-state index in [9.17, 15) is 20.2 Å². The SMILES string of the molecule is CN1COCN(Cc2cnc(Cl)s2)/C1=N/[N+](=O)[O-].CN1COCN/C1=N/[N+](=O)[O-].ClCc1cnc(Cl)s1. The van der Waals surface area contributed by atoms with E-state index in [0.717, 1.165) is 9.75 Å². The van der Waals surface area contributed by atoms with Crippen LogP contribution in [-0.4, -0.2) is 87.7 Å². The van der Waals surface area contributed by atoms with Gasteiger partial charge in [-0.2, -0.15) is 0 Å². The van der Waals surface area contributed by atoms with E-state index in [2.05, 4.69) is 25.5 Å². The van der Waals surface area contributed by atoms with Gasteiger partial charge in [-0.25, -0.2) is 30.2 Å². The highest BCUT2D eigenvalue weighted by atomic mass is 35.5.